The molecule has 1 aromatic carbocycles. The minimum Gasteiger partial charge on any atom is -0.450 e. The number of carbonyl (C=O) groups excluding carboxylic acids is 1. The first kappa shape index (κ1) is 19.9. The molecule has 7 nitrogen and oxygen atoms in total. The van der Waals surface area contributed by atoms with E-state index in [1.807, 2.05) is 19.1 Å². The summed E-state index contributed by atoms with van der Waals surface area (Å²) in [6, 6.07) is 10.4. The molecule has 3 heterocycles. The minimum absolute atomic E-state index is 0.181. The Balaban J connectivity index is 1.57. The summed E-state index contributed by atoms with van der Waals surface area (Å²) in [6.07, 6.45) is 4.81. The molecule has 2 N–H and O–H groups in total. The second kappa shape index (κ2) is 8.94. The van der Waals surface area contributed by atoms with E-state index < -0.39 is 0 Å². The van der Waals surface area contributed by atoms with E-state index in [2.05, 4.69) is 20.5 Å². The normalized spacial score (nSPS) is 14.5. The number of nitrogens with one attached hydrogen (secondary N) is 2. The molecule has 0 unspecified atom stereocenters. The smallest absolute Gasteiger partial charge is 0.409 e. The van der Waals surface area contributed by atoms with Crippen LogP contribution in [-0.4, -0.2) is 51.9 Å². The number of benzene rings is 1. The van der Waals surface area contributed by atoms with Gasteiger partial charge in [-0.3, -0.25) is 10.1 Å². The zero-order chi connectivity index (χ0) is 20.9. The van der Waals surface area contributed by atoms with Crippen molar-refractivity contribution in [3.8, 4) is 22.4 Å². The van der Waals surface area contributed by atoms with E-state index in [-0.39, 0.29) is 18.0 Å². The standard InChI is InChI=1S/C22H24FN5O2/c1-2-30-22(29)28-13-9-18(10-14-28)25-21-19(15-7-11-24-12-8-15)20(26-27-21)16-3-5-17(23)6-4-16/h3-8,11-12,18H,2,9-10,13-14H2,1H3,(H2,25,26,27). The number of H-pyrrole nitrogens is 1. The van der Waals surface area contributed by atoms with Crippen LogP contribution in [0.2, 0.25) is 0 Å². The van der Waals surface area contributed by atoms with Crippen molar-refractivity contribution < 1.29 is 13.9 Å². The van der Waals surface area contributed by atoms with E-state index in [9.17, 15) is 9.18 Å². The number of amides is 1. The van der Waals surface area contributed by atoms with Gasteiger partial charge in [0.2, 0.25) is 0 Å². The highest BCUT2D eigenvalue weighted by Crippen LogP contribution is 2.36. The van der Waals surface area contributed by atoms with Gasteiger partial charge in [-0.25, -0.2) is 9.18 Å². The zero-order valence-corrected chi connectivity index (χ0v) is 16.8. The van der Waals surface area contributed by atoms with Gasteiger partial charge in [0, 0.05) is 37.1 Å². The molecule has 0 bridgehead atoms. The van der Waals surface area contributed by atoms with Gasteiger partial charge < -0.3 is 15.0 Å². The number of nitrogens with zero attached hydrogens (tertiary/aromatic N) is 3. The van der Waals surface area contributed by atoms with Crippen molar-refractivity contribution in [3.05, 3.63) is 54.6 Å². The van der Waals surface area contributed by atoms with Crippen LogP contribution < -0.4 is 5.32 Å². The van der Waals surface area contributed by atoms with Gasteiger partial charge in [0.25, 0.3) is 0 Å². The Morgan fingerprint density at radius 2 is 1.87 bits per heavy atom. The predicted molar refractivity (Wildman–Crippen MR) is 112 cm³/mol. The Kier molecular flexibility index (Phi) is 5.92. The van der Waals surface area contributed by atoms with E-state index in [1.54, 1.807) is 29.4 Å². The van der Waals surface area contributed by atoms with E-state index in [0.717, 1.165) is 41.0 Å². The molecule has 1 saturated heterocycles. The summed E-state index contributed by atoms with van der Waals surface area (Å²) in [5, 5.41) is 11.1. The Labute approximate surface area is 174 Å². The molecule has 3 aromatic rings. The lowest BCUT2D eigenvalue weighted by molar-refractivity contribution is 0.0983. The molecule has 0 atom stereocenters. The van der Waals surface area contributed by atoms with Crippen LogP contribution in [0.5, 0.6) is 0 Å². The summed E-state index contributed by atoms with van der Waals surface area (Å²) < 4.78 is 18.5. The van der Waals surface area contributed by atoms with Gasteiger partial charge in [0.15, 0.2) is 5.82 Å². The summed E-state index contributed by atoms with van der Waals surface area (Å²) in [5.41, 5.74) is 3.54. The van der Waals surface area contributed by atoms with Gasteiger partial charge in [0.1, 0.15) is 5.82 Å². The Morgan fingerprint density at radius 1 is 1.17 bits per heavy atom. The van der Waals surface area contributed by atoms with Crippen LogP contribution >= 0.6 is 0 Å². The largest absolute Gasteiger partial charge is 0.450 e. The van der Waals surface area contributed by atoms with E-state index in [1.165, 1.54) is 12.1 Å². The maximum absolute atomic E-state index is 13.4. The Morgan fingerprint density at radius 3 is 2.53 bits per heavy atom. The molecule has 2 aromatic heterocycles. The fourth-order valence-electron chi connectivity index (χ4n) is 3.69. The van der Waals surface area contributed by atoms with Crippen molar-refractivity contribution in [2.45, 2.75) is 25.8 Å². The third-order valence-corrected chi connectivity index (χ3v) is 5.23. The predicted octanol–water partition coefficient (Wildman–Crippen LogP) is 4.31. The van der Waals surface area contributed by atoms with Crippen LogP contribution in [-0.2, 0) is 4.74 Å². The number of piperidine rings is 1. The SMILES string of the molecule is CCOC(=O)N1CCC(Nc2n[nH]c(-c3ccc(F)cc3)c2-c2ccncc2)CC1. The fraction of sp³-hybridized carbons (Fsp3) is 0.318. The number of ether oxygens (including phenoxy) is 1. The van der Waals surface area contributed by atoms with Gasteiger partial charge in [-0.15, -0.1) is 0 Å². The van der Waals surface area contributed by atoms with E-state index in [0.29, 0.717) is 19.7 Å². The van der Waals surface area contributed by atoms with Crippen LogP contribution in [0, 0.1) is 5.82 Å². The lowest BCUT2D eigenvalue weighted by Gasteiger charge is -2.31. The zero-order valence-electron chi connectivity index (χ0n) is 16.8. The quantitative estimate of drug-likeness (QED) is 0.656. The summed E-state index contributed by atoms with van der Waals surface area (Å²) in [6.45, 7) is 3.46. The number of hydrogen-bond acceptors (Lipinski definition) is 5. The van der Waals surface area contributed by atoms with Crippen molar-refractivity contribution in [1.29, 1.82) is 0 Å². The number of aromatic amines is 1. The van der Waals surface area contributed by atoms with E-state index >= 15 is 0 Å². The average molecular weight is 409 g/mol. The van der Waals surface area contributed by atoms with Gasteiger partial charge >= 0.3 is 6.09 Å². The highest BCUT2D eigenvalue weighted by atomic mass is 19.1. The molecule has 1 aliphatic rings. The molecule has 0 saturated carbocycles. The number of halogens is 1. The average Bonchev–Trinajstić information content (AvgIpc) is 3.19. The number of hydrogen-bond donors (Lipinski definition) is 2. The maximum atomic E-state index is 13.4. The molecule has 0 spiro atoms. The number of pyridine rings is 1. The molecule has 4 rings (SSSR count). The number of likely N-dealkylation sites (tertiary alicyclic amines) is 1. The third kappa shape index (κ3) is 4.27. The summed E-state index contributed by atoms with van der Waals surface area (Å²) in [7, 11) is 0. The van der Waals surface area contributed by atoms with Crippen LogP contribution in [0.3, 0.4) is 0 Å². The lowest BCUT2D eigenvalue weighted by Crippen LogP contribution is -2.42. The molecule has 1 aliphatic heterocycles. The maximum Gasteiger partial charge on any atom is 0.409 e. The van der Waals surface area contributed by atoms with Gasteiger partial charge in [-0.2, -0.15) is 5.10 Å². The Hall–Kier alpha value is -3.42. The minimum atomic E-state index is -0.282. The van der Waals surface area contributed by atoms with Crippen molar-refractivity contribution in [2.75, 3.05) is 25.0 Å². The monoisotopic (exact) mass is 409 g/mol. The highest BCUT2D eigenvalue weighted by Gasteiger charge is 2.25. The van der Waals surface area contributed by atoms with Crippen LogP contribution in [0.25, 0.3) is 22.4 Å². The second-order valence-corrected chi connectivity index (χ2v) is 7.17. The van der Waals surface area contributed by atoms with Crippen LogP contribution in [0.1, 0.15) is 19.8 Å². The second-order valence-electron chi connectivity index (χ2n) is 7.17. The first-order chi connectivity index (χ1) is 14.7. The molecule has 0 aliphatic carbocycles. The van der Waals surface area contributed by atoms with Crippen LogP contribution in [0.15, 0.2) is 48.8 Å². The Bertz CT molecular complexity index is 983. The molecule has 1 fully saturated rings. The number of carbonyl (C=O) groups is 1. The van der Waals surface area contributed by atoms with Crippen LogP contribution in [0.4, 0.5) is 15.0 Å². The molecule has 156 valence electrons. The first-order valence-corrected chi connectivity index (χ1v) is 10.1. The lowest BCUT2D eigenvalue weighted by atomic mass is 10.0. The number of anilines is 1. The summed E-state index contributed by atoms with van der Waals surface area (Å²) in [5.74, 6) is 0.450. The van der Waals surface area contributed by atoms with Crippen molar-refractivity contribution in [1.82, 2.24) is 20.1 Å². The van der Waals surface area contributed by atoms with Crippen molar-refractivity contribution >= 4 is 11.9 Å². The molecule has 0 radical (unpaired) electrons. The number of rotatable bonds is 5. The van der Waals surface area contributed by atoms with Crippen molar-refractivity contribution in [3.63, 3.8) is 0 Å². The van der Waals surface area contributed by atoms with E-state index in [4.69, 9.17) is 4.74 Å². The van der Waals surface area contributed by atoms with Gasteiger partial charge in [0.05, 0.1) is 17.9 Å². The van der Waals surface area contributed by atoms with Gasteiger partial charge in [-0.05, 0) is 61.7 Å². The fourth-order valence-corrected chi connectivity index (χ4v) is 3.69. The summed E-state index contributed by atoms with van der Waals surface area (Å²) >= 11 is 0. The molecular formula is C22H24FN5O2. The van der Waals surface area contributed by atoms with Crippen molar-refractivity contribution in [2.24, 2.45) is 0 Å². The molecule has 1 amide bonds. The molecule has 30 heavy (non-hydrogen) atoms. The number of aromatic nitrogens is 3. The molecular weight excluding hydrogens is 385 g/mol. The van der Waals surface area contributed by atoms with Gasteiger partial charge in [-0.1, -0.05) is 0 Å². The molecule has 8 heteroatoms. The topological polar surface area (TPSA) is 83.1 Å². The third-order valence-electron chi connectivity index (χ3n) is 5.23. The summed E-state index contributed by atoms with van der Waals surface area (Å²) in [4.78, 5) is 17.8. The highest BCUT2D eigenvalue weighted by molar-refractivity contribution is 5.88. The first-order valence-electron chi connectivity index (χ1n) is 10.1.